The average molecular weight is 345 g/mol. The first-order valence-electron chi connectivity index (χ1n) is 8.17. The molecule has 1 aromatic carbocycles. The number of hydrogen-bond acceptors (Lipinski definition) is 4. The maximum Gasteiger partial charge on any atom is 0.325 e. The van der Waals surface area contributed by atoms with E-state index < -0.39 is 23.4 Å². The van der Waals surface area contributed by atoms with Gasteiger partial charge < -0.3 is 10.6 Å². The van der Waals surface area contributed by atoms with E-state index in [1.54, 1.807) is 31.2 Å². The summed E-state index contributed by atoms with van der Waals surface area (Å²) in [7, 11) is 0. The van der Waals surface area contributed by atoms with Gasteiger partial charge in [0.2, 0.25) is 5.91 Å². The van der Waals surface area contributed by atoms with Crippen molar-refractivity contribution in [1.29, 1.82) is 0 Å². The summed E-state index contributed by atoms with van der Waals surface area (Å²) in [5.41, 5.74) is 0.0535. The number of rotatable bonds is 6. The van der Waals surface area contributed by atoms with Crippen molar-refractivity contribution in [2.75, 3.05) is 11.9 Å². The second kappa shape index (κ2) is 7.04. The van der Waals surface area contributed by atoms with Crippen molar-refractivity contribution >= 4 is 29.3 Å². The van der Waals surface area contributed by atoms with Crippen LogP contribution in [0.15, 0.2) is 24.3 Å². The van der Waals surface area contributed by atoms with Crippen LogP contribution in [0.25, 0.3) is 0 Å². The Hall–Kier alpha value is -2.70. The van der Waals surface area contributed by atoms with Gasteiger partial charge in [-0.05, 0) is 50.5 Å². The van der Waals surface area contributed by atoms with Crippen molar-refractivity contribution < 1.29 is 19.2 Å². The molecule has 1 aromatic rings. The summed E-state index contributed by atoms with van der Waals surface area (Å²) in [6.45, 7) is 6.70. The van der Waals surface area contributed by atoms with Gasteiger partial charge in [0.05, 0.1) is 0 Å². The van der Waals surface area contributed by atoms with Crippen molar-refractivity contribution in [1.82, 2.24) is 10.2 Å². The minimum absolute atomic E-state index is 0.0679. The second-order valence-corrected chi connectivity index (χ2v) is 6.93. The van der Waals surface area contributed by atoms with E-state index in [9.17, 15) is 19.2 Å². The minimum atomic E-state index is -0.978. The number of Topliss-reactive ketones (excluding diaryl/α,β-unsaturated/α-hetero) is 1. The molecule has 1 aliphatic heterocycles. The number of benzene rings is 1. The summed E-state index contributed by atoms with van der Waals surface area (Å²) in [4.78, 5) is 48.9. The number of imide groups is 1. The van der Waals surface area contributed by atoms with Gasteiger partial charge in [0.25, 0.3) is 5.91 Å². The van der Waals surface area contributed by atoms with E-state index in [4.69, 9.17) is 0 Å². The maximum absolute atomic E-state index is 12.5. The fourth-order valence-electron chi connectivity index (χ4n) is 2.98. The molecule has 0 bridgehead atoms. The van der Waals surface area contributed by atoms with Crippen LogP contribution in [0, 0.1) is 5.92 Å². The Morgan fingerprint density at radius 3 is 2.32 bits per heavy atom. The third kappa shape index (κ3) is 4.23. The van der Waals surface area contributed by atoms with Crippen molar-refractivity contribution in [2.24, 2.45) is 5.92 Å². The van der Waals surface area contributed by atoms with Gasteiger partial charge >= 0.3 is 6.03 Å². The van der Waals surface area contributed by atoms with Gasteiger partial charge in [-0.1, -0.05) is 13.8 Å². The van der Waals surface area contributed by atoms with Crippen molar-refractivity contribution in [3.05, 3.63) is 29.8 Å². The molecule has 25 heavy (non-hydrogen) atoms. The average Bonchev–Trinajstić information content (AvgIpc) is 2.70. The lowest BCUT2D eigenvalue weighted by Gasteiger charge is -2.23. The van der Waals surface area contributed by atoms with Crippen LogP contribution >= 0.6 is 0 Å². The first kappa shape index (κ1) is 18.6. The lowest BCUT2D eigenvalue weighted by atomic mass is 9.91. The van der Waals surface area contributed by atoms with E-state index in [0.717, 1.165) is 4.90 Å². The quantitative estimate of drug-likeness (QED) is 0.610. The van der Waals surface area contributed by atoms with E-state index >= 15 is 0 Å². The number of amides is 4. The lowest BCUT2D eigenvalue weighted by molar-refractivity contribution is -0.133. The molecule has 1 saturated heterocycles. The summed E-state index contributed by atoms with van der Waals surface area (Å²) >= 11 is 0. The summed E-state index contributed by atoms with van der Waals surface area (Å²) in [5.74, 6) is -0.717. The molecule has 0 aliphatic carbocycles. The third-order valence-electron chi connectivity index (χ3n) is 4.04. The van der Waals surface area contributed by atoms with E-state index in [-0.39, 0.29) is 18.2 Å². The summed E-state index contributed by atoms with van der Waals surface area (Å²) < 4.78 is 0. The zero-order chi connectivity index (χ0) is 18.8. The highest BCUT2D eigenvalue weighted by Gasteiger charge is 2.48. The van der Waals surface area contributed by atoms with E-state index in [0.29, 0.717) is 17.7 Å². The summed E-state index contributed by atoms with van der Waals surface area (Å²) in [6, 6.07) is 5.85. The lowest BCUT2D eigenvalue weighted by Crippen LogP contribution is -2.45. The fraction of sp³-hybridized carbons (Fsp3) is 0.444. The molecule has 1 heterocycles. The molecule has 1 fully saturated rings. The molecule has 0 radical (unpaired) electrons. The topological polar surface area (TPSA) is 95.6 Å². The molecule has 134 valence electrons. The van der Waals surface area contributed by atoms with Crippen LogP contribution in [0.2, 0.25) is 0 Å². The van der Waals surface area contributed by atoms with E-state index in [1.807, 2.05) is 13.8 Å². The van der Waals surface area contributed by atoms with Gasteiger partial charge in [0.1, 0.15) is 12.1 Å². The zero-order valence-corrected chi connectivity index (χ0v) is 14.9. The van der Waals surface area contributed by atoms with Gasteiger partial charge in [-0.3, -0.25) is 19.3 Å². The Kier molecular flexibility index (Phi) is 5.25. The predicted molar refractivity (Wildman–Crippen MR) is 93.2 cm³/mol. The van der Waals surface area contributed by atoms with Gasteiger partial charge in [0, 0.05) is 11.3 Å². The zero-order valence-electron chi connectivity index (χ0n) is 14.9. The Morgan fingerprint density at radius 2 is 1.80 bits per heavy atom. The summed E-state index contributed by atoms with van der Waals surface area (Å²) in [5, 5.41) is 5.29. The van der Waals surface area contributed by atoms with Gasteiger partial charge in [0.15, 0.2) is 5.78 Å². The van der Waals surface area contributed by atoms with Gasteiger partial charge in [-0.2, -0.15) is 0 Å². The van der Waals surface area contributed by atoms with Crippen molar-refractivity contribution in [2.45, 2.75) is 39.7 Å². The number of carbonyl (C=O) groups excluding carboxylic acids is 4. The molecule has 0 unspecified atom stereocenters. The van der Waals surface area contributed by atoms with Gasteiger partial charge in [-0.25, -0.2) is 4.79 Å². The first-order chi connectivity index (χ1) is 11.6. The molecule has 0 saturated carbocycles. The third-order valence-corrected chi connectivity index (χ3v) is 4.04. The van der Waals surface area contributed by atoms with Crippen LogP contribution in [0.5, 0.6) is 0 Å². The van der Waals surface area contributed by atoms with Crippen molar-refractivity contribution in [3.8, 4) is 0 Å². The Morgan fingerprint density at radius 1 is 1.20 bits per heavy atom. The first-order valence-corrected chi connectivity index (χ1v) is 8.17. The monoisotopic (exact) mass is 345 g/mol. The number of nitrogens with zero attached hydrogens (tertiary/aromatic N) is 1. The second-order valence-electron chi connectivity index (χ2n) is 6.93. The SMILES string of the molecule is CC(=O)c1ccc(NC(=O)CN2C(=O)N[C@@](C)(CC(C)C)C2=O)cc1. The molecular formula is C18H23N3O4. The fourth-order valence-corrected chi connectivity index (χ4v) is 2.98. The number of ketones is 1. The normalized spacial score (nSPS) is 20.0. The Balaban J connectivity index is 2.01. The van der Waals surface area contributed by atoms with E-state index in [2.05, 4.69) is 10.6 Å². The van der Waals surface area contributed by atoms with Crippen LogP contribution in [0.3, 0.4) is 0 Å². The molecule has 2 N–H and O–H groups in total. The van der Waals surface area contributed by atoms with Crippen LogP contribution in [-0.2, 0) is 9.59 Å². The molecule has 7 nitrogen and oxygen atoms in total. The minimum Gasteiger partial charge on any atom is -0.325 e. The molecule has 1 aliphatic rings. The predicted octanol–water partition coefficient (Wildman–Crippen LogP) is 2.18. The highest BCUT2D eigenvalue weighted by molar-refractivity contribution is 6.10. The van der Waals surface area contributed by atoms with Crippen LogP contribution in [-0.4, -0.2) is 40.6 Å². The number of hydrogen-bond donors (Lipinski definition) is 2. The highest BCUT2D eigenvalue weighted by Crippen LogP contribution is 2.24. The Bertz CT molecular complexity index is 712. The molecule has 0 spiro atoms. The Labute approximate surface area is 146 Å². The van der Waals surface area contributed by atoms with E-state index in [1.165, 1.54) is 6.92 Å². The van der Waals surface area contributed by atoms with Gasteiger partial charge in [-0.15, -0.1) is 0 Å². The van der Waals surface area contributed by atoms with Crippen LogP contribution < -0.4 is 10.6 Å². The number of urea groups is 1. The maximum atomic E-state index is 12.5. The molecule has 0 aromatic heterocycles. The number of carbonyl (C=O) groups is 4. The van der Waals surface area contributed by atoms with Crippen molar-refractivity contribution in [3.63, 3.8) is 0 Å². The molecule has 1 atom stereocenters. The summed E-state index contributed by atoms with van der Waals surface area (Å²) in [6.07, 6.45) is 0.502. The standard InChI is InChI=1S/C18H23N3O4/c1-11(2)9-18(4)16(24)21(17(25)20-18)10-15(23)19-14-7-5-13(6-8-14)12(3)22/h5-8,11H,9-10H2,1-4H3,(H,19,23)(H,20,25)/t18-/m0/s1. The molecular weight excluding hydrogens is 322 g/mol. The molecule has 7 heteroatoms. The highest BCUT2D eigenvalue weighted by atomic mass is 16.2. The van der Waals surface area contributed by atoms with Crippen LogP contribution in [0.4, 0.5) is 10.5 Å². The molecule has 2 rings (SSSR count). The largest absolute Gasteiger partial charge is 0.325 e. The van der Waals surface area contributed by atoms with Crippen LogP contribution in [0.1, 0.15) is 44.5 Å². The smallest absolute Gasteiger partial charge is 0.325 e. The number of anilines is 1. The number of nitrogens with one attached hydrogen (secondary N) is 2. The molecule has 4 amide bonds.